The third kappa shape index (κ3) is 3.85. The lowest BCUT2D eigenvalue weighted by atomic mass is 10.0. The number of carbonyl (C=O) groups excluding carboxylic acids is 1. The summed E-state index contributed by atoms with van der Waals surface area (Å²) in [5.41, 5.74) is 4.51. The van der Waals surface area contributed by atoms with Crippen molar-refractivity contribution in [2.45, 2.75) is 13.5 Å². The number of fused-ring (bicyclic) bond motifs is 1. The number of benzene rings is 3. The highest BCUT2D eigenvalue weighted by molar-refractivity contribution is 9.10. The Morgan fingerprint density at radius 1 is 1.03 bits per heavy atom. The number of ether oxygens (including phenoxy) is 2. The zero-order valence-corrected chi connectivity index (χ0v) is 18.5. The lowest BCUT2D eigenvalue weighted by molar-refractivity contribution is -0.112. The van der Waals surface area contributed by atoms with Crippen LogP contribution in [-0.4, -0.2) is 19.6 Å². The minimum atomic E-state index is 0.0122. The highest BCUT2D eigenvalue weighted by Crippen LogP contribution is 2.41. The van der Waals surface area contributed by atoms with Gasteiger partial charge in [-0.3, -0.25) is 4.79 Å². The molecule has 152 valence electrons. The van der Waals surface area contributed by atoms with Crippen molar-refractivity contribution in [2.75, 3.05) is 18.6 Å². The molecule has 4 rings (SSSR count). The highest BCUT2D eigenvalue weighted by Gasteiger charge is 2.30. The van der Waals surface area contributed by atoms with Crippen molar-refractivity contribution in [1.29, 1.82) is 0 Å². The summed E-state index contributed by atoms with van der Waals surface area (Å²) >= 11 is 3.60. The first-order chi connectivity index (χ1) is 14.6. The fourth-order valence-electron chi connectivity index (χ4n) is 3.62. The third-order valence-electron chi connectivity index (χ3n) is 5.07. The fraction of sp³-hybridized carbons (Fsp3) is 0.160. The molecular weight excluding hydrogens is 442 g/mol. The Labute approximate surface area is 184 Å². The monoisotopic (exact) mass is 463 g/mol. The van der Waals surface area contributed by atoms with Gasteiger partial charge in [-0.1, -0.05) is 48.5 Å². The van der Waals surface area contributed by atoms with E-state index < -0.39 is 0 Å². The lowest BCUT2D eigenvalue weighted by Gasteiger charge is -2.14. The molecule has 1 aliphatic rings. The van der Waals surface area contributed by atoms with Crippen LogP contribution in [0.2, 0.25) is 0 Å². The molecule has 0 N–H and O–H groups in total. The second kappa shape index (κ2) is 8.76. The molecule has 0 aromatic heterocycles. The number of carbonyl (C=O) groups is 1. The molecule has 0 unspecified atom stereocenters. The molecule has 1 heterocycles. The summed E-state index contributed by atoms with van der Waals surface area (Å²) in [6.07, 6.45) is 1.91. The predicted molar refractivity (Wildman–Crippen MR) is 124 cm³/mol. The predicted octanol–water partition coefficient (Wildman–Crippen LogP) is 5.94. The molecule has 0 aliphatic carbocycles. The molecule has 1 amide bonds. The van der Waals surface area contributed by atoms with E-state index in [1.54, 1.807) is 12.0 Å². The maximum absolute atomic E-state index is 13.0. The number of amides is 1. The highest BCUT2D eigenvalue weighted by atomic mass is 79.9. The largest absolute Gasteiger partial charge is 0.493 e. The molecule has 0 radical (unpaired) electrons. The zero-order chi connectivity index (χ0) is 21.1. The maximum Gasteiger partial charge on any atom is 0.258 e. The van der Waals surface area contributed by atoms with Crippen LogP contribution in [-0.2, 0) is 11.4 Å². The molecule has 30 heavy (non-hydrogen) atoms. The van der Waals surface area contributed by atoms with E-state index in [2.05, 4.69) is 15.9 Å². The van der Waals surface area contributed by atoms with Crippen LogP contribution in [0.5, 0.6) is 11.5 Å². The molecule has 0 atom stereocenters. The number of halogens is 1. The van der Waals surface area contributed by atoms with E-state index in [1.807, 2.05) is 79.7 Å². The van der Waals surface area contributed by atoms with Gasteiger partial charge in [-0.05, 0) is 58.3 Å². The van der Waals surface area contributed by atoms with Crippen LogP contribution in [0.1, 0.15) is 23.6 Å². The van der Waals surface area contributed by atoms with E-state index in [9.17, 15) is 4.79 Å². The Balaban J connectivity index is 1.67. The van der Waals surface area contributed by atoms with Crippen molar-refractivity contribution in [3.05, 3.63) is 87.9 Å². The van der Waals surface area contributed by atoms with Gasteiger partial charge in [0.05, 0.1) is 17.3 Å². The average molecular weight is 464 g/mol. The van der Waals surface area contributed by atoms with Crippen LogP contribution in [0.3, 0.4) is 0 Å². The second-order valence-electron chi connectivity index (χ2n) is 6.93. The van der Waals surface area contributed by atoms with Crippen molar-refractivity contribution in [3.8, 4) is 11.5 Å². The van der Waals surface area contributed by atoms with Gasteiger partial charge in [0.25, 0.3) is 5.91 Å². The van der Waals surface area contributed by atoms with Crippen LogP contribution in [0.15, 0.2) is 71.2 Å². The van der Waals surface area contributed by atoms with Gasteiger partial charge >= 0.3 is 0 Å². The Bertz CT molecular complexity index is 1110. The first-order valence-corrected chi connectivity index (χ1v) is 10.6. The van der Waals surface area contributed by atoms with Crippen molar-refractivity contribution in [3.63, 3.8) is 0 Å². The quantitative estimate of drug-likeness (QED) is 0.424. The SMILES string of the molecule is CCN1C(=O)/C(=C\c2cc(Br)c(OCc3ccccc3)c(OC)c2)c2ccccc21. The van der Waals surface area contributed by atoms with Gasteiger partial charge in [0.15, 0.2) is 11.5 Å². The molecule has 4 nitrogen and oxygen atoms in total. The summed E-state index contributed by atoms with van der Waals surface area (Å²) in [7, 11) is 1.61. The Morgan fingerprint density at radius 3 is 2.50 bits per heavy atom. The van der Waals surface area contributed by atoms with E-state index in [0.717, 1.165) is 26.9 Å². The number of hydrogen-bond donors (Lipinski definition) is 0. The minimum absolute atomic E-state index is 0.0122. The number of likely N-dealkylation sites (N-methyl/N-ethyl adjacent to an activating group) is 1. The molecular formula is C25H22BrNO3. The van der Waals surface area contributed by atoms with Crippen molar-refractivity contribution >= 4 is 39.2 Å². The first-order valence-electron chi connectivity index (χ1n) is 9.79. The number of methoxy groups -OCH3 is 1. The number of hydrogen-bond acceptors (Lipinski definition) is 3. The van der Waals surface area contributed by atoms with Gasteiger partial charge in [-0.25, -0.2) is 0 Å². The number of rotatable bonds is 6. The molecule has 0 saturated heterocycles. The zero-order valence-electron chi connectivity index (χ0n) is 16.9. The normalized spacial score (nSPS) is 14.2. The smallest absolute Gasteiger partial charge is 0.258 e. The van der Waals surface area contributed by atoms with Crippen LogP contribution in [0.4, 0.5) is 5.69 Å². The number of anilines is 1. The van der Waals surface area contributed by atoms with Gasteiger partial charge < -0.3 is 14.4 Å². The van der Waals surface area contributed by atoms with E-state index in [-0.39, 0.29) is 5.91 Å². The van der Waals surface area contributed by atoms with Gasteiger partial charge in [0, 0.05) is 17.7 Å². The molecule has 0 saturated carbocycles. The second-order valence-corrected chi connectivity index (χ2v) is 7.79. The van der Waals surface area contributed by atoms with E-state index >= 15 is 0 Å². The van der Waals surface area contributed by atoms with Crippen LogP contribution in [0, 0.1) is 0 Å². The standard InChI is InChI=1S/C25H22BrNO3/c1-3-27-22-12-8-7-11-19(22)20(25(27)28)13-18-14-21(26)24(23(15-18)29-2)30-16-17-9-5-4-6-10-17/h4-15H,3,16H2,1-2H3/b20-13-. The summed E-state index contributed by atoms with van der Waals surface area (Å²) in [6, 6.07) is 21.7. The average Bonchev–Trinajstić information content (AvgIpc) is 3.04. The van der Waals surface area contributed by atoms with Gasteiger partial charge in [-0.2, -0.15) is 0 Å². The maximum atomic E-state index is 13.0. The molecule has 0 bridgehead atoms. The molecule has 5 heteroatoms. The topological polar surface area (TPSA) is 38.8 Å². The third-order valence-corrected chi connectivity index (χ3v) is 5.65. The van der Waals surface area contributed by atoms with Gasteiger partial charge in [0.1, 0.15) is 6.61 Å². The molecule has 3 aromatic rings. The molecule has 0 spiro atoms. The van der Waals surface area contributed by atoms with E-state index in [1.165, 1.54) is 0 Å². The summed E-state index contributed by atoms with van der Waals surface area (Å²) in [4.78, 5) is 14.7. The number of nitrogens with zero attached hydrogens (tertiary/aromatic N) is 1. The van der Waals surface area contributed by atoms with E-state index in [0.29, 0.717) is 30.2 Å². The molecule has 0 fully saturated rings. The van der Waals surface area contributed by atoms with Crippen LogP contribution >= 0.6 is 15.9 Å². The summed E-state index contributed by atoms with van der Waals surface area (Å²) < 4.78 is 12.4. The Morgan fingerprint density at radius 2 is 1.77 bits per heavy atom. The summed E-state index contributed by atoms with van der Waals surface area (Å²) in [5.74, 6) is 1.26. The fourth-order valence-corrected chi connectivity index (χ4v) is 4.19. The first kappa shape index (κ1) is 20.2. The van der Waals surface area contributed by atoms with Crippen LogP contribution in [0.25, 0.3) is 11.6 Å². The Hall–Kier alpha value is -3.05. The van der Waals surface area contributed by atoms with Crippen molar-refractivity contribution in [1.82, 2.24) is 0 Å². The molecule has 1 aliphatic heterocycles. The van der Waals surface area contributed by atoms with Crippen molar-refractivity contribution < 1.29 is 14.3 Å². The van der Waals surface area contributed by atoms with Crippen LogP contribution < -0.4 is 14.4 Å². The number of para-hydroxylation sites is 1. The molecule has 3 aromatic carbocycles. The van der Waals surface area contributed by atoms with Crippen molar-refractivity contribution in [2.24, 2.45) is 0 Å². The van der Waals surface area contributed by atoms with Gasteiger partial charge in [-0.15, -0.1) is 0 Å². The summed E-state index contributed by atoms with van der Waals surface area (Å²) in [5, 5.41) is 0. The van der Waals surface area contributed by atoms with Gasteiger partial charge in [0.2, 0.25) is 0 Å². The summed E-state index contributed by atoms with van der Waals surface area (Å²) in [6.45, 7) is 3.05. The lowest BCUT2D eigenvalue weighted by Crippen LogP contribution is -2.25. The van der Waals surface area contributed by atoms with E-state index in [4.69, 9.17) is 9.47 Å². The minimum Gasteiger partial charge on any atom is -0.493 e. The Kier molecular flexibility index (Phi) is 5.91.